The minimum atomic E-state index is -1.00. The zero-order chi connectivity index (χ0) is 12.3. The van der Waals surface area contributed by atoms with Gasteiger partial charge in [0.15, 0.2) is 0 Å². The van der Waals surface area contributed by atoms with Gasteiger partial charge in [0.1, 0.15) is 5.75 Å². The summed E-state index contributed by atoms with van der Waals surface area (Å²) in [7, 11) is 1.46. The number of hydrogen-bond donors (Lipinski definition) is 1. The fourth-order valence-corrected chi connectivity index (χ4v) is 1.78. The highest BCUT2D eigenvalue weighted by molar-refractivity contribution is 6.36. The first-order chi connectivity index (χ1) is 7.45. The van der Waals surface area contributed by atoms with Crippen molar-refractivity contribution in [1.82, 2.24) is 0 Å². The van der Waals surface area contributed by atoms with Gasteiger partial charge in [-0.25, -0.2) is 4.79 Å². The summed E-state index contributed by atoms with van der Waals surface area (Å²) in [6.07, 6.45) is 1.46. The van der Waals surface area contributed by atoms with Crippen LogP contribution in [0.1, 0.15) is 12.5 Å². The van der Waals surface area contributed by atoms with E-state index in [0.29, 0.717) is 21.4 Å². The highest BCUT2D eigenvalue weighted by Gasteiger charge is 2.09. The standard InChI is InChI=1S/C11H10Cl2O3/c1-6(11(14)15)3-7-4-8(12)5-9(13)10(7)16-2/h3-5H,1-2H3,(H,14,15)/b6-3+. The molecule has 0 aliphatic heterocycles. The van der Waals surface area contributed by atoms with Crippen LogP contribution in [0, 0.1) is 0 Å². The van der Waals surface area contributed by atoms with Gasteiger partial charge in [-0.3, -0.25) is 0 Å². The normalized spacial score (nSPS) is 11.4. The second kappa shape index (κ2) is 5.23. The van der Waals surface area contributed by atoms with Gasteiger partial charge in [0.2, 0.25) is 0 Å². The molecule has 0 radical (unpaired) electrons. The molecule has 86 valence electrons. The summed E-state index contributed by atoms with van der Waals surface area (Å²) in [6.45, 7) is 1.48. The Kier molecular flexibility index (Phi) is 4.21. The molecule has 0 aromatic heterocycles. The number of carboxylic acids is 1. The monoisotopic (exact) mass is 260 g/mol. The number of ether oxygens (including phenoxy) is 1. The van der Waals surface area contributed by atoms with Crippen LogP contribution < -0.4 is 4.74 Å². The van der Waals surface area contributed by atoms with E-state index in [2.05, 4.69) is 0 Å². The third kappa shape index (κ3) is 2.90. The Labute approximate surface area is 103 Å². The molecule has 5 heteroatoms. The molecule has 0 saturated carbocycles. The summed E-state index contributed by atoms with van der Waals surface area (Å²) < 4.78 is 5.08. The average molecular weight is 261 g/mol. The lowest BCUT2D eigenvalue weighted by atomic mass is 10.1. The Morgan fingerprint density at radius 1 is 1.44 bits per heavy atom. The van der Waals surface area contributed by atoms with E-state index < -0.39 is 5.97 Å². The summed E-state index contributed by atoms with van der Waals surface area (Å²) in [6, 6.07) is 3.13. The predicted octanol–water partition coefficient (Wildman–Crippen LogP) is 3.49. The molecule has 0 heterocycles. The van der Waals surface area contributed by atoms with Crippen LogP contribution in [-0.2, 0) is 4.79 Å². The van der Waals surface area contributed by atoms with Crippen molar-refractivity contribution in [2.24, 2.45) is 0 Å². The lowest BCUT2D eigenvalue weighted by Gasteiger charge is -2.08. The van der Waals surface area contributed by atoms with Crippen LogP contribution in [0.15, 0.2) is 17.7 Å². The number of methoxy groups -OCH3 is 1. The zero-order valence-electron chi connectivity index (χ0n) is 8.75. The van der Waals surface area contributed by atoms with Crippen LogP contribution >= 0.6 is 23.2 Å². The van der Waals surface area contributed by atoms with Crippen LogP contribution in [-0.4, -0.2) is 18.2 Å². The number of rotatable bonds is 3. The van der Waals surface area contributed by atoms with Gasteiger partial charge in [0.25, 0.3) is 0 Å². The minimum absolute atomic E-state index is 0.177. The first-order valence-corrected chi connectivity index (χ1v) is 5.16. The van der Waals surface area contributed by atoms with E-state index in [1.54, 1.807) is 6.07 Å². The molecule has 0 spiro atoms. The van der Waals surface area contributed by atoms with Crippen molar-refractivity contribution in [3.63, 3.8) is 0 Å². The van der Waals surface area contributed by atoms with Crippen molar-refractivity contribution < 1.29 is 14.6 Å². The van der Waals surface area contributed by atoms with Crippen LogP contribution in [0.25, 0.3) is 6.08 Å². The maximum Gasteiger partial charge on any atom is 0.331 e. The number of aliphatic carboxylic acids is 1. The van der Waals surface area contributed by atoms with Crippen molar-refractivity contribution in [2.75, 3.05) is 7.11 Å². The SMILES string of the molecule is COc1c(Cl)cc(Cl)cc1/C=C(\C)C(=O)O. The summed E-state index contributed by atoms with van der Waals surface area (Å²) >= 11 is 11.7. The van der Waals surface area contributed by atoms with Gasteiger partial charge in [0.05, 0.1) is 12.1 Å². The fraction of sp³-hybridized carbons (Fsp3) is 0.182. The Morgan fingerprint density at radius 2 is 2.06 bits per heavy atom. The van der Waals surface area contributed by atoms with E-state index in [1.807, 2.05) is 0 Å². The average Bonchev–Trinajstić information content (AvgIpc) is 2.16. The Balaban J connectivity index is 3.32. The largest absolute Gasteiger partial charge is 0.495 e. The molecule has 0 aliphatic rings. The fourth-order valence-electron chi connectivity index (χ4n) is 1.20. The van der Waals surface area contributed by atoms with E-state index in [9.17, 15) is 4.79 Å². The molecular weight excluding hydrogens is 251 g/mol. The van der Waals surface area contributed by atoms with Gasteiger partial charge >= 0.3 is 5.97 Å². The first kappa shape index (κ1) is 12.9. The number of hydrogen-bond acceptors (Lipinski definition) is 2. The molecule has 0 bridgehead atoms. The molecule has 16 heavy (non-hydrogen) atoms. The van der Waals surface area contributed by atoms with Gasteiger partial charge < -0.3 is 9.84 Å². The van der Waals surface area contributed by atoms with E-state index in [-0.39, 0.29) is 5.57 Å². The van der Waals surface area contributed by atoms with E-state index >= 15 is 0 Å². The Bertz CT molecular complexity index is 453. The maximum atomic E-state index is 10.7. The second-order valence-electron chi connectivity index (χ2n) is 3.14. The molecule has 0 unspecified atom stereocenters. The Morgan fingerprint density at radius 3 is 2.56 bits per heavy atom. The molecule has 1 aromatic carbocycles. The van der Waals surface area contributed by atoms with E-state index in [4.69, 9.17) is 33.0 Å². The highest BCUT2D eigenvalue weighted by atomic mass is 35.5. The van der Waals surface area contributed by atoms with Crippen LogP contribution in [0.2, 0.25) is 10.0 Å². The molecule has 0 fully saturated rings. The molecule has 1 N–H and O–H groups in total. The number of halogens is 2. The summed E-state index contributed by atoms with van der Waals surface area (Å²) in [5, 5.41) is 9.54. The zero-order valence-corrected chi connectivity index (χ0v) is 10.3. The Hall–Kier alpha value is -1.19. The predicted molar refractivity (Wildman–Crippen MR) is 64.3 cm³/mol. The lowest BCUT2D eigenvalue weighted by Crippen LogP contribution is -1.96. The maximum absolute atomic E-state index is 10.7. The summed E-state index contributed by atoms with van der Waals surface area (Å²) in [5.41, 5.74) is 0.719. The van der Waals surface area contributed by atoms with Crippen LogP contribution in [0.4, 0.5) is 0 Å². The molecular formula is C11H10Cl2O3. The van der Waals surface area contributed by atoms with Gasteiger partial charge in [-0.05, 0) is 25.1 Å². The van der Waals surface area contributed by atoms with Crippen molar-refractivity contribution in [1.29, 1.82) is 0 Å². The van der Waals surface area contributed by atoms with E-state index in [1.165, 1.54) is 26.2 Å². The second-order valence-corrected chi connectivity index (χ2v) is 3.99. The third-order valence-corrected chi connectivity index (χ3v) is 2.45. The molecule has 0 amide bonds. The molecule has 0 atom stereocenters. The van der Waals surface area contributed by atoms with Crippen LogP contribution in [0.5, 0.6) is 5.75 Å². The quantitative estimate of drug-likeness (QED) is 0.847. The molecule has 1 aromatic rings. The molecule has 0 aliphatic carbocycles. The van der Waals surface area contributed by atoms with Crippen LogP contribution in [0.3, 0.4) is 0 Å². The van der Waals surface area contributed by atoms with Crippen molar-refractivity contribution in [3.05, 3.63) is 33.3 Å². The van der Waals surface area contributed by atoms with E-state index in [0.717, 1.165) is 0 Å². The number of carboxylic acid groups (broad SMARTS) is 1. The molecule has 0 saturated heterocycles. The lowest BCUT2D eigenvalue weighted by molar-refractivity contribution is -0.132. The first-order valence-electron chi connectivity index (χ1n) is 4.40. The van der Waals surface area contributed by atoms with Crippen molar-refractivity contribution in [2.45, 2.75) is 6.92 Å². The topological polar surface area (TPSA) is 46.5 Å². The minimum Gasteiger partial charge on any atom is -0.495 e. The third-order valence-electron chi connectivity index (χ3n) is 1.95. The smallest absolute Gasteiger partial charge is 0.331 e. The van der Waals surface area contributed by atoms with Crippen molar-refractivity contribution in [3.8, 4) is 5.75 Å². The van der Waals surface area contributed by atoms with Gasteiger partial charge in [-0.1, -0.05) is 23.2 Å². The summed E-state index contributed by atoms with van der Waals surface area (Å²) in [4.78, 5) is 10.7. The van der Waals surface area contributed by atoms with Crippen molar-refractivity contribution >= 4 is 35.2 Å². The van der Waals surface area contributed by atoms with Gasteiger partial charge in [0, 0.05) is 16.2 Å². The molecule has 1 rings (SSSR count). The van der Waals surface area contributed by atoms with Gasteiger partial charge in [-0.15, -0.1) is 0 Å². The number of carbonyl (C=O) groups is 1. The summed E-state index contributed by atoms with van der Waals surface area (Å²) in [5.74, 6) is -0.593. The molecule has 3 nitrogen and oxygen atoms in total. The number of benzene rings is 1. The van der Waals surface area contributed by atoms with Gasteiger partial charge in [-0.2, -0.15) is 0 Å². The highest BCUT2D eigenvalue weighted by Crippen LogP contribution is 2.33.